The van der Waals surface area contributed by atoms with Gasteiger partial charge in [0.15, 0.2) is 0 Å². The first-order chi connectivity index (χ1) is 6.76. The zero-order valence-corrected chi connectivity index (χ0v) is 9.84. The molecule has 14 heavy (non-hydrogen) atoms. The average molecular weight is 196 g/mol. The van der Waals surface area contributed by atoms with Crippen LogP contribution in [0.15, 0.2) is 0 Å². The normalized spacial score (nSPS) is 12.8. The topological polar surface area (TPSA) is 15.3 Å². The van der Waals surface area contributed by atoms with Crippen LogP contribution in [0.25, 0.3) is 0 Å². The lowest BCUT2D eigenvalue weighted by Gasteiger charge is -2.25. The van der Waals surface area contributed by atoms with E-state index in [2.05, 4.69) is 36.9 Å². The Bertz CT molecular complexity index is 160. The van der Waals surface area contributed by atoms with Crippen molar-refractivity contribution in [1.29, 1.82) is 0 Å². The van der Waals surface area contributed by atoms with Crippen molar-refractivity contribution in [2.75, 3.05) is 26.2 Å². The Morgan fingerprint density at radius 3 is 2.64 bits per heavy atom. The van der Waals surface area contributed by atoms with Gasteiger partial charge >= 0.3 is 0 Å². The van der Waals surface area contributed by atoms with E-state index in [9.17, 15) is 0 Å². The van der Waals surface area contributed by atoms with Crippen molar-refractivity contribution in [3.8, 4) is 12.3 Å². The van der Waals surface area contributed by atoms with Crippen LogP contribution >= 0.6 is 0 Å². The summed E-state index contributed by atoms with van der Waals surface area (Å²) in [6.07, 6.45) is 7.77. The molecule has 1 N–H and O–H groups in total. The lowest BCUT2D eigenvalue weighted by molar-refractivity contribution is 0.233. The van der Waals surface area contributed by atoms with Crippen molar-refractivity contribution in [1.82, 2.24) is 10.2 Å². The molecule has 0 aromatic rings. The molecule has 0 rings (SSSR count). The molecule has 0 spiro atoms. The molecule has 2 heteroatoms. The highest BCUT2D eigenvalue weighted by atomic mass is 15.1. The zero-order valence-electron chi connectivity index (χ0n) is 9.84. The molecule has 0 amide bonds. The highest BCUT2D eigenvalue weighted by molar-refractivity contribution is 4.89. The van der Waals surface area contributed by atoms with Crippen LogP contribution < -0.4 is 5.32 Å². The molecule has 2 nitrogen and oxygen atoms in total. The van der Waals surface area contributed by atoms with E-state index in [4.69, 9.17) is 6.42 Å². The molecular formula is C12H24N2. The lowest BCUT2D eigenvalue weighted by Crippen LogP contribution is -2.33. The van der Waals surface area contributed by atoms with Crippen molar-refractivity contribution in [2.24, 2.45) is 0 Å². The highest BCUT2D eigenvalue weighted by Gasteiger charge is 2.09. The summed E-state index contributed by atoms with van der Waals surface area (Å²) in [6.45, 7) is 10.6. The van der Waals surface area contributed by atoms with E-state index in [1.807, 2.05) is 0 Å². The Labute approximate surface area is 89.1 Å². The second-order valence-corrected chi connectivity index (χ2v) is 3.61. The average Bonchev–Trinajstić information content (AvgIpc) is 2.20. The fourth-order valence-electron chi connectivity index (χ4n) is 1.58. The number of terminal acetylenes is 1. The first-order valence-electron chi connectivity index (χ1n) is 5.64. The van der Waals surface area contributed by atoms with Crippen LogP contribution in [0.4, 0.5) is 0 Å². The van der Waals surface area contributed by atoms with E-state index in [1.165, 1.54) is 12.8 Å². The van der Waals surface area contributed by atoms with Crippen molar-refractivity contribution in [2.45, 2.75) is 39.7 Å². The third-order valence-corrected chi connectivity index (χ3v) is 2.55. The molecule has 1 unspecified atom stereocenters. The van der Waals surface area contributed by atoms with Crippen molar-refractivity contribution >= 4 is 0 Å². The Kier molecular flexibility index (Phi) is 8.72. The lowest BCUT2D eigenvalue weighted by atomic mass is 10.1. The van der Waals surface area contributed by atoms with E-state index >= 15 is 0 Å². The van der Waals surface area contributed by atoms with Crippen LogP contribution in [0.1, 0.15) is 33.6 Å². The third kappa shape index (κ3) is 6.01. The van der Waals surface area contributed by atoms with Gasteiger partial charge in [0.2, 0.25) is 0 Å². The first kappa shape index (κ1) is 13.5. The predicted molar refractivity (Wildman–Crippen MR) is 63.3 cm³/mol. The number of nitrogens with zero attached hydrogens (tertiary/aromatic N) is 1. The van der Waals surface area contributed by atoms with Crippen LogP contribution in [0, 0.1) is 12.3 Å². The second kappa shape index (κ2) is 9.05. The minimum Gasteiger partial charge on any atom is -0.317 e. The van der Waals surface area contributed by atoms with Gasteiger partial charge in [-0.2, -0.15) is 0 Å². The number of rotatable bonds is 8. The third-order valence-electron chi connectivity index (χ3n) is 2.55. The summed E-state index contributed by atoms with van der Waals surface area (Å²) in [5, 5.41) is 3.33. The predicted octanol–water partition coefficient (Wildman–Crippen LogP) is 1.72. The maximum atomic E-state index is 5.32. The summed E-state index contributed by atoms with van der Waals surface area (Å²) in [7, 11) is 0. The molecule has 0 bridgehead atoms. The first-order valence-corrected chi connectivity index (χ1v) is 5.64. The van der Waals surface area contributed by atoms with Crippen molar-refractivity contribution < 1.29 is 0 Å². The Hall–Kier alpha value is -0.520. The summed E-state index contributed by atoms with van der Waals surface area (Å²) >= 11 is 0. The molecule has 0 aliphatic carbocycles. The van der Waals surface area contributed by atoms with Gasteiger partial charge in [-0.3, -0.25) is 4.90 Å². The molecule has 0 aromatic carbocycles. The molecular weight excluding hydrogens is 172 g/mol. The minimum absolute atomic E-state index is 0.606. The van der Waals surface area contributed by atoms with Gasteiger partial charge in [0.1, 0.15) is 0 Å². The van der Waals surface area contributed by atoms with Crippen LogP contribution in [-0.4, -0.2) is 37.1 Å². The Morgan fingerprint density at radius 2 is 2.14 bits per heavy atom. The number of hydrogen-bond acceptors (Lipinski definition) is 2. The molecule has 1 atom stereocenters. The van der Waals surface area contributed by atoms with Crippen LogP contribution in [0.3, 0.4) is 0 Å². The number of hydrogen-bond donors (Lipinski definition) is 1. The number of nitrogens with one attached hydrogen (secondary N) is 1. The quantitative estimate of drug-likeness (QED) is 0.470. The fraction of sp³-hybridized carbons (Fsp3) is 0.833. The summed E-state index contributed by atoms with van der Waals surface area (Å²) < 4.78 is 0. The monoisotopic (exact) mass is 196 g/mol. The van der Waals surface area contributed by atoms with E-state index < -0.39 is 0 Å². The van der Waals surface area contributed by atoms with Gasteiger partial charge < -0.3 is 5.32 Å². The van der Waals surface area contributed by atoms with E-state index in [0.29, 0.717) is 6.04 Å². The Balaban J connectivity index is 3.59. The largest absolute Gasteiger partial charge is 0.317 e. The minimum atomic E-state index is 0.606. The standard InChI is InChI=1S/C12H24N2/c1-5-11-14(7-3)12(4)9-8-10-13-6-2/h1,12-13H,6-11H2,2-4H3. The van der Waals surface area contributed by atoms with Gasteiger partial charge in [-0.05, 0) is 39.4 Å². The van der Waals surface area contributed by atoms with Gasteiger partial charge in [-0.25, -0.2) is 0 Å². The van der Waals surface area contributed by atoms with Gasteiger partial charge in [0.25, 0.3) is 0 Å². The second-order valence-electron chi connectivity index (χ2n) is 3.61. The molecule has 0 saturated heterocycles. The molecule has 0 aliphatic rings. The SMILES string of the molecule is C#CCN(CC)C(C)CCCNCC. The smallest absolute Gasteiger partial charge is 0.0601 e. The molecule has 0 aromatic heterocycles. The van der Waals surface area contributed by atoms with Gasteiger partial charge in [0, 0.05) is 6.04 Å². The summed E-state index contributed by atoms with van der Waals surface area (Å²) in [5.41, 5.74) is 0. The molecule has 0 saturated carbocycles. The maximum absolute atomic E-state index is 5.32. The summed E-state index contributed by atoms with van der Waals surface area (Å²) in [6, 6.07) is 0.606. The van der Waals surface area contributed by atoms with Crippen LogP contribution in [-0.2, 0) is 0 Å². The maximum Gasteiger partial charge on any atom is 0.0601 e. The summed E-state index contributed by atoms with van der Waals surface area (Å²) in [4.78, 5) is 2.34. The highest BCUT2D eigenvalue weighted by Crippen LogP contribution is 2.04. The van der Waals surface area contributed by atoms with Crippen molar-refractivity contribution in [3.63, 3.8) is 0 Å². The molecule has 0 fully saturated rings. The van der Waals surface area contributed by atoms with Crippen LogP contribution in [0.2, 0.25) is 0 Å². The fourth-order valence-corrected chi connectivity index (χ4v) is 1.58. The zero-order chi connectivity index (χ0) is 10.8. The Morgan fingerprint density at radius 1 is 1.43 bits per heavy atom. The molecule has 82 valence electrons. The molecule has 0 radical (unpaired) electrons. The molecule has 0 heterocycles. The van der Waals surface area contributed by atoms with Gasteiger partial charge in [0.05, 0.1) is 6.54 Å². The van der Waals surface area contributed by atoms with E-state index in [0.717, 1.165) is 26.2 Å². The van der Waals surface area contributed by atoms with Gasteiger partial charge in [-0.15, -0.1) is 6.42 Å². The molecule has 0 aliphatic heterocycles. The van der Waals surface area contributed by atoms with E-state index in [-0.39, 0.29) is 0 Å². The van der Waals surface area contributed by atoms with Gasteiger partial charge in [-0.1, -0.05) is 19.8 Å². The van der Waals surface area contributed by atoms with E-state index in [1.54, 1.807) is 0 Å². The van der Waals surface area contributed by atoms with Crippen molar-refractivity contribution in [3.05, 3.63) is 0 Å². The summed E-state index contributed by atoms with van der Waals surface area (Å²) in [5.74, 6) is 2.71. The van der Waals surface area contributed by atoms with Crippen LogP contribution in [0.5, 0.6) is 0 Å².